The van der Waals surface area contributed by atoms with E-state index in [9.17, 15) is 8.78 Å². The van der Waals surface area contributed by atoms with Gasteiger partial charge in [-0.2, -0.15) is 0 Å². The highest BCUT2D eigenvalue weighted by atomic mass is 19.2. The zero-order valence-corrected chi connectivity index (χ0v) is 16.3. The third-order valence-electron chi connectivity index (χ3n) is 4.47. The molecule has 30 heavy (non-hydrogen) atoms. The number of hydrogen-bond donors (Lipinski definition) is 0. The molecule has 0 spiro atoms. The molecule has 0 aliphatic rings. The predicted octanol–water partition coefficient (Wildman–Crippen LogP) is 5.76. The van der Waals surface area contributed by atoms with Crippen molar-refractivity contribution in [1.82, 2.24) is 9.97 Å². The predicted molar refractivity (Wildman–Crippen MR) is 113 cm³/mol. The summed E-state index contributed by atoms with van der Waals surface area (Å²) in [5.41, 5.74) is 2.43. The molecule has 1 heterocycles. The second kappa shape index (κ2) is 8.71. The summed E-state index contributed by atoms with van der Waals surface area (Å²) in [7, 11) is 0. The van der Waals surface area contributed by atoms with Gasteiger partial charge in [0, 0.05) is 16.7 Å². The largest absolute Gasteiger partial charge is 0.490 e. The Morgan fingerprint density at radius 3 is 2.13 bits per heavy atom. The molecule has 3 nitrogen and oxygen atoms in total. The van der Waals surface area contributed by atoms with Gasteiger partial charge in [0.05, 0.1) is 19.0 Å². The fourth-order valence-electron chi connectivity index (χ4n) is 2.93. The fourth-order valence-corrected chi connectivity index (χ4v) is 2.93. The highest BCUT2D eigenvalue weighted by molar-refractivity contribution is 5.84. The first kappa shape index (κ1) is 19.5. The van der Waals surface area contributed by atoms with Crippen molar-refractivity contribution in [3.63, 3.8) is 0 Å². The van der Waals surface area contributed by atoms with Gasteiger partial charge in [-0.25, -0.2) is 18.7 Å². The molecule has 0 saturated carbocycles. The topological polar surface area (TPSA) is 35.0 Å². The van der Waals surface area contributed by atoms with Crippen LogP contribution in [0.15, 0.2) is 67.0 Å². The molecular weight excluding hydrogens is 382 g/mol. The van der Waals surface area contributed by atoms with Gasteiger partial charge >= 0.3 is 0 Å². The molecule has 0 N–H and O–H groups in total. The number of fused-ring (bicyclic) bond motifs is 1. The number of hydrogen-bond acceptors (Lipinski definition) is 3. The molecule has 0 atom stereocenters. The van der Waals surface area contributed by atoms with E-state index in [0.717, 1.165) is 23.1 Å². The molecule has 1 aromatic heterocycles. The number of nitrogens with zero attached hydrogens (tertiary/aromatic N) is 2. The molecule has 0 aliphatic carbocycles. The molecule has 0 bridgehead atoms. The van der Waals surface area contributed by atoms with Crippen LogP contribution >= 0.6 is 0 Å². The van der Waals surface area contributed by atoms with Crippen LogP contribution in [0.1, 0.15) is 24.5 Å². The van der Waals surface area contributed by atoms with Crippen LogP contribution in [-0.2, 0) is 0 Å². The van der Waals surface area contributed by atoms with E-state index >= 15 is 0 Å². The first-order chi connectivity index (χ1) is 14.6. The van der Waals surface area contributed by atoms with Crippen molar-refractivity contribution in [1.29, 1.82) is 0 Å². The molecule has 0 radical (unpaired) electrons. The quantitative estimate of drug-likeness (QED) is 0.408. The summed E-state index contributed by atoms with van der Waals surface area (Å²) in [6, 6.07) is 15.2. The summed E-state index contributed by atoms with van der Waals surface area (Å²) in [5.74, 6) is 5.69. The summed E-state index contributed by atoms with van der Waals surface area (Å²) < 4.78 is 32.3. The number of rotatable bonds is 4. The van der Waals surface area contributed by atoms with Crippen LogP contribution in [0.3, 0.4) is 0 Å². The lowest BCUT2D eigenvalue weighted by Crippen LogP contribution is -1.97. The molecular formula is C25H18F2N2O. The number of benzene rings is 3. The van der Waals surface area contributed by atoms with E-state index in [1.807, 2.05) is 31.2 Å². The second-order valence-electron chi connectivity index (χ2n) is 6.75. The average molecular weight is 400 g/mol. The van der Waals surface area contributed by atoms with E-state index in [1.165, 1.54) is 12.1 Å². The van der Waals surface area contributed by atoms with Crippen LogP contribution in [0.2, 0.25) is 0 Å². The van der Waals surface area contributed by atoms with Gasteiger partial charge in [0.15, 0.2) is 23.2 Å². The highest BCUT2D eigenvalue weighted by Crippen LogP contribution is 2.20. The molecule has 148 valence electrons. The maximum atomic E-state index is 13.5. The second-order valence-corrected chi connectivity index (χ2v) is 6.75. The summed E-state index contributed by atoms with van der Waals surface area (Å²) >= 11 is 0. The summed E-state index contributed by atoms with van der Waals surface area (Å²) in [4.78, 5) is 8.68. The molecule has 0 fully saturated rings. The molecule has 0 amide bonds. The Labute approximate surface area is 173 Å². The van der Waals surface area contributed by atoms with Crippen LogP contribution in [0.4, 0.5) is 8.78 Å². The van der Waals surface area contributed by atoms with Gasteiger partial charge in [-0.3, -0.25) is 0 Å². The van der Waals surface area contributed by atoms with Crippen molar-refractivity contribution in [2.75, 3.05) is 6.61 Å². The van der Waals surface area contributed by atoms with Gasteiger partial charge in [0.1, 0.15) is 0 Å². The first-order valence-electron chi connectivity index (χ1n) is 9.58. The molecule has 4 aromatic rings. The molecule has 4 rings (SSSR count). The molecule has 0 unspecified atom stereocenters. The lowest BCUT2D eigenvalue weighted by atomic mass is 10.1. The summed E-state index contributed by atoms with van der Waals surface area (Å²) in [6.45, 7) is 2.68. The Morgan fingerprint density at radius 2 is 1.43 bits per heavy atom. The standard InChI is InChI=1S/C25H18F2N2O/c1-2-11-30-22-15-28-25(29-16-22)19-8-5-17(6-9-19)3-4-18-7-10-20-13-23(26)24(27)14-21(20)12-18/h5-10,12-16H,2,11H2,1H3. The van der Waals surface area contributed by atoms with Crippen LogP contribution < -0.4 is 4.74 Å². The number of halogens is 2. The number of aromatic nitrogens is 2. The van der Waals surface area contributed by atoms with Gasteiger partial charge in [0.2, 0.25) is 0 Å². The highest BCUT2D eigenvalue weighted by Gasteiger charge is 2.04. The molecule has 3 aromatic carbocycles. The van der Waals surface area contributed by atoms with Gasteiger partial charge in [-0.15, -0.1) is 0 Å². The third-order valence-corrected chi connectivity index (χ3v) is 4.47. The monoisotopic (exact) mass is 400 g/mol. The van der Waals surface area contributed by atoms with Crippen molar-refractivity contribution in [3.05, 3.63) is 89.8 Å². The van der Waals surface area contributed by atoms with Crippen LogP contribution in [0, 0.1) is 23.5 Å². The minimum absolute atomic E-state index is 0.611. The van der Waals surface area contributed by atoms with Crippen molar-refractivity contribution in [2.24, 2.45) is 0 Å². The zero-order valence-electron chi connectivity index (χ0n) is 16.3. The van der Waals surface area contributed by atoms with Crippen molar-refractivity contribution in [3.8, 4) is 29.0 Å². The Hall–Kier alpha value is -3.78. The fraction of sp³-hybridized carbons (Fsp3) is 0.120. The van der Waals surface area contributed by atoms with Crippen LogP contribution in [0.5, 0.6) is 5.75 Å². The first-order valence-corrected chi connectivity index (χ1v) is 9.58. The smallest absolute Gasteiger partial charge is 0.159 e. The minimum atomic E-state index is -0.865. The number of ether oxygens (including phenoxy) is 1. The van der Waals surface area contributed by atoms with Gasteiger partial charge in [-0.1, -0.05) is 24.8 Å². The van der Waals surface area contributed by atoms with E-state index in [4.69, 9.17) is 4.74 Å². The third kappa shape index (κ3) is 4.44. The minimum Gasteiger partial charge on any atom is -0.490 e. The Kier molecular flexibility index (Phi) is 5.67. The summed E-state index contributed by atoms with van der Waals surface area (Å²) in [5, 5.41) is 1.24. The van der Waals surface area contributed by atoms with Crippen molar-refractivity contribution >= 4 is 10.8 Å². The van der Waals surface area contributed by atoms with Crippen LogP contribution in [0.25, 0.3) is 22.2 Å². The maximum Gasteiger partial charge on any atom is 0.159 e. The van der Waals surface area contributed by atoms with E-state index < -0.39 is 11.6 Å². The van der Waals surface area contributed by atoms with Gasteiger partial charge in [0.25, 0.3) is 0 Å². The Bertz CT molecular complexity index is 1240. The lowest BCUT2D eigenvalue weighted by molar-refractivity contribution is 0.315. The zero-order chi connectivity index (χ0) is 20.9. The van der Waals surface area contributed by atoms with E-state index in [-0.39, 0.29) is 0 Å². The summed E-state index contributed by atoms with van der Waals surface area (Å²) in [6.07, 6.45) is 4.26. The average Bonchev–Trinajstić information content (AvgIpc) is 2.78. The SMILES string of the molecule is CCCOc1cnc(-c2ccc(C#Cc3ccc4cc(F)c(F)cc4c3)cc2)nc1. The van der Waals surface area contributed by atoms with Gasteiger partial charge in [-0.05, 0) is 65.7 Å². The molecule has 0 aliphatic heterocycles. The maximum absolute atomic E-state index is 13.5. The van der Waals surface area contributed by atoms with E-state index in [0.29, 0.717) is 29.0 Å². The Balaban J connectivity index is 1.51. The molecule has 0 saturated heterocycles. The lowest BCUT2D eigenvalue weighted by Gasteiger charge is -2.04. The van der Waals surface area contributed by atoms with Crippen molar-refractivity contribution in [2.45, 2.75) is 13.3 Å². The van der Waals surface area contributed by atoms with E-state index in [2.05, 4.69) is 21.8 Å². The van der Waals surface area contributed by atoms with Crippen molar-refractivity contribution < 1.29 is 13.5 Å². The normalized spacial score (nSPS) is 10.5. The van der Waals surface area contributed by atoms with Crippen LogP contribution in [-0.4, -0.2) is 16.6 Å². The Morgan fingerprint density at radius 1 is 0.800 bits per heavy atom. The van der Waals surface area contributed by atoms with Gasteiger partial charge < -0.3 is 4.74 Å². The molecule has 5 heteroatoms. The van der Waals surface area contributed by atoms with E-state index in [1.54, 1.807) is 30.6 Å².